The summed E-state index contributed by atoms with van der Waals surface area (Å²) in [6, 6.07) is 4.53. The first kappa shape index (κ1) is 15.2. The quantitative estimate of drug-likeness (QED) is 0.865. The highest BCUT2D eigenvalue weighted by molar-refractivity contribution is 7.07. The van der Waals surface area contributed by atoms with E-state index in [1.54, 1.807) is 16.0 Å². The highest BCUT2D eigenvalue weighted by Gasteiger charge is 2.25. The van der Waals surface area contributed by atoms with Crippen LogP contribution in [0.3, 0.4) is 0 Å². The molecule has 5 nitrogen and oxygen atoms in total. The number of piperazine rings is 1. The molecule has 6 heteroatoms. The lowest BCUT2D eigenvalue weighted by molar-refractivity contribution is -0.132. The fourth-order valence-corrected chi connectivity index (χ4v) is 3.65. The number of rotatable bonds is 4. The van der Waals surface area contributed by atoms with Crippen molar-refractivity contribution in [1.29, 1.82) is 0 Å². The summed E-state index contributed by atoms with van der Waals surface area (Å²) in [5.74, 6) is 0.182. The molecule has 1 aliphatic rings. The van der Waals surface area contributed by atoms with Crippen molar-refractivity contribution < 1.29 is 4.79 Å². The number of amides is 1. The van der Waals surface area contributed by atoms with E-state index < -0.39 is 0 Å². The first-order valence-electron chi connectivity index (χ1n) is 7.66. The van der Waals surface area contributed by atoms with E-state index in [1.807, 2.05) is 24.2 Å². The van der Waals surface area contributed by atoms with Crippen LogP contribution >= 0.6 is 11.3 Å². The number of aromatic nitrogens is 2. The summed E-state index contributed by atoms with van der Waals surface area (Å²) in [4.78, 5) is 16.8. The lowest BCUT2D eigenvalue weighted by Gasteiger charge is -2.38. The topological polar surface area (TPSA) is 41.4 Å². The zero-order valence-electron chi connectivity index (χ0n) is 13.1. The molecule has 2 aromatic rings. The second kappa shape index (κ2) is 6.62. The van der Waals surface area contributed by atoms with Gasteiger partial charge in [-0.3, -0.25) is 14.4 Å². The molecule has 0 N–H and O–H groups in total. The van der Waals surface area contributed by atoms with E-state index in [4.69, 9.17) is 0 Å². The molecule has 1 amide bonds. The Morgan fingerprint density at radius 2 is 2.09 bits per heavy atom. The number of hydrogen-bond acceptors (Lipinski definition) is 4. The summed E-state index contributed by atoms with van der Waals surface area (Å²) in [5.41, 5.74) is 2.22. The van der Waals surface area contributed by atoms with E-state index in [-0.39, 0.29) is 5.91 Å². The molecule has 1 fully saturated rings. The first-order valence-corrected chi connectivity index (χ1v) is 8.60. The van der Waals surface area contributed by atoms with Gasteiger partial charge in [0, 0.05) is 45.5 Å². The monoisotopic (exact) mass is 318 g/mol. The number of carbonyl (C=O) groups is 1. The normalized spacial score (nSPS) is 17.6. The third kappa shape index (κ3) is 3.39. The molecule has 0 bridgehead atoms. The average Bonchev–Trinajstić information content (AvgIpc) is 3.18. The molecule has 1 aliphatic heterocycles. The highest BCUT2D eigenvalue weighted by atomic mass is 32.1. The predicted molar refractivity (Wildman–Crippen MR) is 87.8 cm³/mol. The van der Waals surface area contributed by atoms with Crippen molar-refractivity contribution in [2.75, 3.05) is 26.2 Å². The molecule has 0 radical (unpaired) electrons. The predicted octanol–water partition coefficient (Wildman–Crippen LogP) is 1.93. The molecule has 2 aromatic heterocycles. The third-order valence-electron chi connectivity index (χ3n) is 4.34. The number of carbonyl (C=O) groups excluding carboxylic acids is 1. The van der Waals surface area contributed by atoms with Crippen molar-refractivity contribution in [3.8, 4) is 0 Å². The minimum absolute atomic E-state index is 0.182. The summed E-state index contributed by atoms with van der Waals surface area (Å²) < 4.78 is 1.74. The Balaban J connectivity index is 1.52. The second-order valence-electron chi connectivity index (χ2n) is 5.81. The van der Waals surface area contributed by atoms with E-state index >= 15 is 0 Å². The number of nitrogens with zero attached hydrogens (tertiary/aromatic N) is 4. The van der Waals surface area contributed by atoms with Crippen LogP contribution in [0, 0.1) is 0 Å². The average molecular weight is 318 g/mol. The van der Waals surface area contributed by atoms with Crippen LogP contribution in [0.5, 0.6) is 0 Å². The van der Waals surface area contributed by atoms with Gasteiger partial charge in [-0.2, -0.15) is 16.4 Å². The molecule has 0 aromatic carbocycles. The summed E-state index contributed by atoms with van der Waals surface area (Å²) in [6.07, 6.45) is 2.28. The molecule has 1 atom stereocenters. The molecule has 0 saturated carbocycles. The number of thiophene rings is 1. The van der Waals surface area contributed by atoms with Crippen LogP contribution in [0.25, 0.3) is 0 Å². The maximum atomic E-state index is 12.3. The lowest BCUT2D eigenvalue weighted by atomic mass is 10.1. The Kier molecular flexibility index (Phi) is 4.59. The van der Waals surface area contributed by atoms with E-state index in [0.29, 0.717) is 12.5 Å². The molecule has 1 unspecified atom stereocenters. The van der Waals surface area contributed by atoms with Gasteiger partial charge in [0.2, 0.25) is 5.91 Å². The van der Waals surface area contributed by atoms with Crippen LogP contribution in [-0.4, -0.2) is 51.7 Å². The summed E-state index contributed by atoms with van der Waals surface area (Å²) in [5, 5.41) is 8.62. The van der Waals surface area contributed by atoms with Gasteiger partial charge in [-0.25, -0.2) is 0 Å². The zero-order chi connectivity index (χ0) is 15.5. The largest absolute Gasteiger partial charge is 0.340 e. The molecule has 22 heavy (non-hydrogen) atoms. The van der Waals surface area contributed by atoms with E-state index in [0.717, 1.165) is 31.9 Å². The van der Waals surface area contributed by atoms with Crippen molar-refractivity contribution in [2.45, 2.75) is 19.4 Å². The fraction of sp³-hybridized carbons (Fsp3) is 0.500. The summed E-state index contributed by atoms with van der Waals surface area (Å²) in [7, 11) is 1.87. The third-order valence-corrected chi connectivity index (χ3v) is 5.04. The van der Waals surface area contributed by atoms with E-state index in [1.165, 1.54) is 5.56 Å². The molecular weight excluding hydrogens is 296 g/mol. The Hall–Kier alpha value is -1.66. The maximum Gasteiger partial charge on any atom is 0.228 e. The Morgan fingerprint density at radius 1 is 1.32 bits per heavy atom. The van der Waals surface area contributed by atoms with Gasteiger partial charge < -0.3 is 4.90 Å². The molecule has 3 heterocycles. The van der Waals surface area contributed by atoms with Crippen LogP contribution in [0.2, 0.25) is 0 Å². The Bertz CT molecular complexity index is 614. The smallest absolute Gasteiger partial charge is 0.228 e. The fourth-order valence-electron chi connectivity index (χ4n) is 2.91. The molecule has 0 aliphatic carbocycles. The van der Waals surface area contributed by atoms with Crippen molar-refractivity contribution in [3.63, 3.8) is 0 Å². The SMILES string of the molecule is CC(c1ccsc1)N1CCN(C(=O)Cc2ccn(C)n2)CC1. The van der Waals surface area contributed by atoms with Crippen molar-refractivity contribution in [3.05, 3.63) is 40.3 Å². The second-order valence-corrected chi connectivity index (χ2v) is 6.59. The number of aryl methyl sites for hydroxylation is 1. The van der Waals surface area contributed by atoms with Crippen LogP contribution in [0.15, 0.2) is 29.1 Å². The minimum atomic E-state index is 0.182. The minimum Gasteiger partial charge on any atom is -0.340 e. The zero-order valence-corrected chi connectivity index (χ0v) is 13.9. The highest BCUT2D eigenvalue weighted by Crippen LogP contribution is 2.23. The van der Waals surface area contributed by atoms with Gasteiger partial charge in [-0.1, -0.05) is 0 Å². The molecule has 3 rings (SSSR count). The van der Waals surface area contributed by atoms with Crippen LogP contribution in [-0.2, 0) is 18.3 Å². The van der Waals surface area contributed by atoms with Crippen LogP contribution < -0.4 is 0 Å². The van der Waals surface area contributed by atoms with Gasteiger partial charge in [0.15, 0.2) is 0 Å². The van der Waals surface area contributed by atoms with Crippen LogP contribution in [0.4, 0.5) is 0 Å². The van der Waals surface area contributed by atoms with Gasteiger partial charge in [0.1, 0.15) is 0 Å². The molecule has 118 valence electrons. The lowest BCUT2D eigenvalue weighted by Crippen LogP contribution is -2.49. The molecule has 1 saturated heterocycles. The molecule has 0 spiro atoms. The number of hydrogen-bond donors (Lipinski definition) is 0. The van der Waals surface area contributed by atoms with Gasteiger partial charge in [0.05, 0.1) is 12.1 Å². The van der Waals surface area contributed by atoms with Crippen molar-refractivity contribution in [2.24, 2.45) is 7.05 Å². The molecular formula is C16H22N4OS. The standard InChI is InChI=1S/C16H22N4OS/c1-13(14-4-10-22-12-14)19-6-8-20(9-7-19)16(21)11-15-3-5-18(2)17-15/h3-5,10,12-13H,6-9,11H2,1-2H3. The summed E-state index contributed by atoms with van der Waals surface area (Å²) in [6.45, 7) is 5.73. The van der Waals surface area contributed by atoms with E-state index in [2.05, 4.69) is 33.7 Å². The Labute approximate surface area is 135 Å². The van der Waals surface area contributed by atoms with Gasteiger partial charge in [0.25, 0.3) is 0 Å². The van der Waals surface area contributed by atoms with Crippen LogP contribution in [0.1, 0.15) is 24.2 Å². The van der Waals surface area contributed by atoms with Gasteiger partial charge >= 0.3 is 0 Å². The maximum absolute atomic E-state index is 12.3. The van der Waals surface area contributed by atoms with E-state index in [9.17, 15) is 4.79 Å². The summed E-state index contributed by atoms with van der Waals surface area (Å²) >= 11 is 1.74. The van der Waals surface area contributed by atoms with Gasteiger partial charge in [-0.05, 0) is 35.4 Å². The van der Waals surface area contributed by atoms with Crippen molar-refractivity contribution >= 4 is 17.2 Å². The van der Waals surface area contributed by atoms with Crippen molar-refractivity contribution in [1.82, 2.24) is 19.6 Å². The first-order chi connectivity index (χ1) is 10.6. The van der Waals surface area contributed by atoms with Gasteiger partial charge in [-0.15, -0.1) is 0 Å². The Morgan fingerprint density at radius 3 is 2.68 bits per heavy atom.